The first kappa shape index (κ1) is 15.3. The lowest BCUT2D eigenvalue weighted by molar-refractivity contribution is 0.101. The van der Waals surface area contributed by atoms with E-state index in [0.29, 0.717) is 15.9 Å². The van der Waals surface area contributed by atoms with Gasteiger partial charge in [0.15, 0.2) is 0 Å². The van der Waals surface area contributed by atoms with Crippen LogP contribution in [0.5, 0.6) is 0 Å². The largest absolute Gasteiger partial charge is 0.342 e. The lowest BCUT2D eigenvalue weighted by Crippen LogP contribution is -2.17. The summed E-state index contributed by atoms with van der Waals surface area (Å²) in [5.74, 6) is -0.663. The van der Waals surface area contributed by atoms with Crippen molar-refractivity contribution in [2.75, 3.05) is 5.32 Å². The van der Waals surface area contributed by atoms with E-state index in [1.165, 1.54) is 12.1 Å². The molecule has 0 fully saturated rings. The third-order valence-electron chi connectivity index (χ3n) is 2.74. The molecule has 3 nitrogen and oxygen atoms in total. The number of benzene rings is 1. The minimum absolute atomic E-state index is 0.268. The van der Waals surface area contributed by atoms with Crippen LogP contribution in [0, 0.1) is 5.82 Å². The molecule has 1 heterocycles. The first-order chi connectivity index (χ1) is 9.51. The molecule has 0 bridgehead atoms. The maximum atomic E-state index is 13.2. The average molecular weight is 404 g/mol. The van der Waals surface area contributed by atoms with Gasteiger partial charge in [-0.25, -0.2) is 4.39 Å². The number of carbonyl (C=O) groups is 1. The summed E-state index contributed by atoms with van der Waals surface area (Å²) in [7, 11) is 0. The standard InChI is InChI=1S/C14H13Br2FN2O/c1-2-5-19-8-9(15)6-13(19)14(20)18-12-7-10(17)3-4-11(12)16/h3-4,6-8H,2,5H2,1H3,(H,18,20). The monoisotopic (exact) mass is 402 g/mol. The maximum absolute atomic E-state index is 13.2. The molecule has 2 aromatic rings. The van der Waals surface area contributed by atoms with Crippen LogP contribution in [0.15, 0.2) is 39.4 Å². The molecule has 0 atom stereocenters. The Morgan fingerprint density at radius 3 is 2.80 bits per heavy atom. The number of carbonyl (C=O) groups excluding carboxylic acids is 1. The van der Waals surface area contributed by atoms with E-state index in [0.717, 1.165) is 17.4 Å². The summed E-state index contributed by atoms with van der Waals surface area (Å²) < 4.78 is 16.6. The number of halogens is 3. The Morgan fingerprint density at radius 2 is 2.10 bits per heavy atom. The predicted molar refractivity (Wildman–Crippen MR) is 84.5 cm³/mol. The molecule has 0 aliphatic carbocycles. The summed E-state index contributed by atoms with van der Waals surface area (Å²) in [4.78, 5) is 12.3. The summed E-state index contributed by atoms with van der Waals surface area (Å²) in [5, 5.41) is 2.71. The van der Waals surface area contributed by atoms with Crippen molar-refractivity contribution in [3.05, 3.63) is 50.9 Å². The normalized spacial score (nSPS) is 10.6. The van der Waals surface area contributed by atoms with Gasteiger partial charge >= 0.3 is 0 Å². The molecule has 1 aromatic carbocycles. The van der Waals surface area contributed by atoms with E-state index in [1.54, 1.807) is 12.1 Å². The summed E-state index contributed by atoms with van der Waals surface area (Å²) in [6.07, 6.45) is 2.78. The van der Waals surface area contributed by atoms with Crippen molar-refractivity contribution in [1.29, 1.82) is 0 Å². The number of anilines is 1. The van der Waals surface area contributed by atoms with Crippen molar-refractivity contribution < 1.29 is 9.18 Å². The maximum Gasteiger partial charge on any atom is 0.272 e. The smallest absolute Gasteiger partial charge is 0.272 e. The van der Waals surface area contributed by atoms with Gasteiger partial charge in [-0.1, -0.05) is 6.92 Å². The van der Waals surface area contributed by atoms with Crippen LogP contribution in [-0.2, 0) is 6.54 Å². The highest BCUT2D eigenvalue weighted by Crippen LogP contribution is 2.24. The molecule has 0 saturated heterocycles. The Balaban J connectivity index is 2.26. The van der Waals surface area contributed by atoms with Crippen molar-refractivity contribution in [2.24, 2.45) is 0 Å². The molecule has 0 saturated carbocycles. The molecule has 2 rings (SSSR count). The van der Waals surface area contributed by atoms with Crippen LogP contribution in [0.1, 0.15) is 23.8 Å². The van der Waals surface area contributed by atoms with Crippen molar-refractivity contribution in [3.8, 4) is 0 Å². The molecule has 0 radical (unpaired) electrons. The Labute approximate surface area is 133 Å². The van der Waals surface area contributed by atoms with Gasteiger partial charge in [-0.15, -0.1) is 0 Å². The van der Waals surface area contributed by atoms with Crippen molar-refractivity contribution in [3.63, 3.8) is 0 Å². The van der Waals surface area contributed by atoms with Gasteiger partial charge in [-0.05, 0) is 62.5 Å². The fourth-order valence-corrected chi connectivity index (χ4v) is 2.68. The Hall–Kier alpha value is -1.14. The van der Waals surface area contributed by atoms with Crippen LogP contribution >= 0.6 is 31.9 Å². The summed E-state index contributed by atoms with van der Waals surface area (Å²) in [6, 6.07) is 5.92. The van der Waals surface area contributed by atoms with Crippen molar-refractivity contribution in [1.82, 2.24) is 4.57 Å². The van der Waals surface area contributed by atoms with Gasteiger partial charge < -0.3 is 9.88 Å². The van der Waals surface area contributed by atoms with E-state index >= 15 is 0 Å². The van der Waals surface area contributed by atoms with E-state index in [9.17, 15) is 9.18 Å². The van der Waals surface area contributed by atoms with Crippen LogP contribution in [0.3, 0.4) is 0 Å². The van der Waals surface area contributed by atoms with Gasteiger partial charge in [0.2, 0.25) is 0 Å². The molecule has 0 aliphatic rings. The predicted octanol–water partition coefficient (Wildman–Crippen LogP) is 4.81. The first-order valence-corrected chi connectivity index (χ1v) is 7.72. The van der Waals surface area contributed by atoms with Crippen LogP contribution in [-0.4, -0.2) is 10.5 Å². The van der Waals surface area contributed by atoms with E-state index in [1.807, 2.05) is 17.7 Å². The van der Waals surface area contributed by atoms with E-state index in [4.69, 9.17) is 0 Å². The minimum atomic E-state index is -0.395. The second-order valence-corrected chi connectivity index (χ2v) is 6.09. The second-order valence-electron chi connectivity index (χ2n) is 4.32. The number of hydrogen-bond acceptors (Lipinski definition) is 1. The van der Waals surface area contributed by atoms with Gasteiger partial charge in [0.05, 0.1) is 5.69 Å². The molecular formula is C14H13Br2FN2O. The van der Waals surface area contributed by atoms with Crippen LogP contribution in [0.4, 0.5) is 10.1 Å². The van der Waals surface area contributed by atoms with Crippen LogP contribution in [0.25, 0.3) is 0 Å². The van der Waals surface area contributed by atoms with E-state index in [-0.39, 0.29) is 5.91 Å². The number of rotatable bonds is 4. The fourth-order valence-electron chi connectivity index (χ4n) is 1.87. The quantitative estimate of drug-likeness (QED) is 0.780. The summed E-state index contributed by atoms with van der Waals surface area (Å²) in [6.45, 7) is 2.79. The number of nitrogens with zero attached hydrogens (tertiary/aromatic N) is 1. The van der Waals surface area contributed by atoms with Crippen molar-refractivity contribution >= 4 is 43.5 Å². The molecule has 1 N–H and O–H groups in total. The first-order valence-electron chi connectivity index (χ1n) is 6.13. The number of aryl methyl sites for hydroxylation is 1. The third-order valence-corrected chi connectivity index (χ3v) is 3.86. The highest BCUT2D eigenvalue weighted by molar-refractivity contribution is 9.10. The molecule has 6 heteroatoms. The van der Waals surface area contributed by atoms with E-state index in [2.05, 4.69) is 37.2 Å². The molecule has 1 amide bonds. The van der Waals surface area contributed by atoms with Gasteiger partial charge in [-0.3, -0.25) is 4.79 Å². The van der Waals surface area contributed by atoms with Gasteiger partial charge in [0, 0.05) is 21.7 Å². The zero-order chi connectivity index (χ0) is 14.7. The zero-order valence-electron chi connectivity index (χ0n) is 10.8. The number of aromatic nitrogens is 1. The lowest BCUT2D eigenvalue weighted by atomic mass is 10.3. The molecule has 0 unspecified atom stereocenters. The fraction of sp³-hybridized carbons (Fsp3) is 0.214. The Kier molecular flexibility index (Phi) is 4.99. The van der Waals surface area contributed by atoms with Crippen molar-refractivity contribution in [2.45, 2.75) is 19.9 Å². The third kappa shape index (κ3) is 3.49. The Bertz CT molecular complexity index is 640. The topological polar surface area (TPSA) is 34.0 Å². The molecule has 1 aromatic heterocycles. The SMILES string of the molecule is CCCn1cc(Br)cc1C(=O)Nc1cc(F)ccc1Br. The molecule has 0 spiro atoms. The lowest BCUT2D eigenvalue weighted by Gasteiger charge is -2.10. The average Bonchev–Trinajstić information content (AvgIpc) is 2.75. The Morgan fingerprint density at radius 1 is 1.35 bits per heavy atom. The van der Waals surface area contributed by atoms with Gasteiger partial charge in [0.1, 0.15) is 11.5 Å². The second kappa shape index (κ2) is 6.54. The number of nitrogens with one attached hydrogen (secondary N) is 1. The minimum Gasteiger partial charge on any atom is -0.342 e. The van der Waals surface area contributed by atoms with Crippen LogP contribution < -0.4 is 5.32 Å². The summed E-state index contributed by atoms with van der Waals surface area (Å²) in [5.41, 5.74) is 0.949. The molecule has 106 valence electrons. The highest BCUT2D eigenvalue weighted by Gasteiger charge is 2.14. The van der Waals surface area contributed by atoms with Gasteiger partial charge in [0.25, 0.3) is 5.91 Å². The number of hydrogen-bond donors (Lipinski definition) is 1. The molecule has 0 aliphatic heterocycles. The molecule has 20 heavy (non-hydrogen) atoms. The summed E-state index contributed by atoms with van der Waals surface area (Å²) >= 11 is 6.65. The highest BCUT2D eigenvalue weighted by atomic mass is 79.9. The molecular weight excluding hydrogens is 391 g/mol. The van der Waals surface area contributed by atoms with Crippen LogP contribution in [0.2, 0.25) is 0 Å². The van der Waals surface area contributed by atoms with E-state index < -0.39 is 5.82 Å². The number of amides is 1. The zero-order valence-corrected chi connectivity index (χ0v) is 14.0. The van der Waals surface area contributed by atoms with Gasteiger partial charge in [-0.2, -0.15) is 0 Å².